The van der Waals surface area contributed by atoms with Crippen LogP contribution in [0.15, 0.2) is 40.6 Å². The van der Waals surface area contributed by atoms with Crippen LogP contribution in [0.25, 0.3) is 0 Å². The van der Waals surface area contributed by atoms with E-state index >= 15 is 0 Å². The maximum Gasteiger partial charge on any atom is 0.252 e. The van der Waals surface area contributed by atoms with Crippen LogP contribution >= 0.6 is 11.3 Å². The van der Waals surface area contributed by atoms with Gasteiger partial charge in [-0.2, -0.15) is 4.31 Å². The summed E-state index contributed by atoms with van der Waals surface area (Å²) >= 11 is 1.23. The minimum absolute atomic E-state index is 0.139. The Balaban J connectivity index is 1.71. The highest BCUT2D eigenvalue weighted by atomic mass is 32.2. The predicted octanol–water partition coefficient (Wildman–Crippen LogP) is 3.24. The van der Waals surface area contributed by atoms with Gasteiger partial charge in [-0.15, -0.1) is 11.3 Å². The van der Waals surface area contributed by atoms with Crippen LogP contribution in [-0.2, 0) is 14.8 Å². The number of hydrogen-bond donors (Lipinski definition) is 1. The van der Waals surface area contributed by atoms with E-state index in [1.807, 2.05) is 6.92 Å². The van der Waals surface area contributed by atoms with Crippen LogP contribution in [-0.4, -0.2) is 31.7 Å². The molecule has 1 aromatic carbocycles. The smallest absolute Gasteiger partial charge is 0.252 e. The third-order valence-electron chi connectivity index (χ3n) is 4.16. The summed E-state index contributed by atoms with van der Waals surface area (Å²) < 4.78 is 40.4. The number of aryl methyl sites for hydroxylation is 1. The van der Waals surface area contributed by atoms with Crippen LogP contribution in [0, 0.1) is 18.7 Å². The molecular formula is C17H19FN2O3S2. The fraction of sp³-hybridized carbons (Fsp3) is 0.353. The maximum absolute atomic E-state index is 13.2. The molecule has 25 heavy (non-hydrogen) atoms. The Morgan fingerprint density at radius 2 is 2.12 bits per heavy atom. The Morgan fingerprint density at radius 3 is 2.80 bits per heavy atom. The molecular weight excluding hydrogens is 363 g/mol. The second kappa shape index (κ2) is 7.23. The monoisotopic (exact) mass is 382 g/mol. The molecule has 8 heteroatoms. The summed E-state index contributed by atoms with van der Waals surface area (Å²) in [5.41, 5.74) is 0.374. The van der Waals surface area contributed by atoms with Crippen molar-refractivity contribution in [3.8, 4) is 0 Å². The number of halogens is 1. The standard InChI is InChI=1S/C17H19FN2O3S2/c1-12-7-8-16(24-12)25(22,23)20-9-3-4-13(11-20)17(21)19-15-6-2-5-14(18)10-15/h2,5-8,10,13H,3-4,9,11H2,1H3,(H,19,21). The molecule has 134 valence electrons. The molecule has 1 amide bonds. The number of thiophene rings is 1. The van der Waals surface area contributed by atoms with Crippen molar-refractivity contribution < 1.29 is 17.6 Å². The van der Waals surface area contributed by atoms with Crippen LogP contribution in [0.2, 0.25) is 0 Å². The molecule has 0 saturated carbocycles. The van der Waals surface area contributed by atoms with E-state index in [1.165, 1.54) is 33.8 Å². The van der Waals surface area contributed by atoms with Gasteiger partial charge in [0.25, 0.3) is 10.0 Å². The quantitative estimate of drug-likeness (QED) is 0.883. The van der Waals surface area contributed by atoms with Gasteiger partial charge in [-0.25, -0.2) is 12.8 Å². The van der Waals surface area contributed by atoms with Crippen LogP contribution in [0.3, 0.4) is 0 Å². The SMILES string of the molecule is Cc1ccc(S(=O)(=O)N2CCCC(C(=O)Nc3cccc(F)c3)C2)s1. The Morgan fingerprint density at radius 1 is 1.32 bits per heavy atom. The molecule has 1 aromatic heterocycles. The molecule has 3 rings (SSSR count). The average molecular weight is 382 g/mol. The first-order valence-electron chi connectivity index (χ1n) is 7.99. The first-order chi connectivity index (χ1) is 11.9. The number of nitrogens with one attached hydrogen (secondary N) is 1. The lowest BCUT2D eigenvalue weighted by atomic mass is 9.99. The number of rotatable bonds is 4. The highest BCUT2D eigenvalue weighted by Crippen LogP contribution is 2.28. The Labute approximate surface area is 150 Å². The van der Waals surface area contributed by atoms with E-state index < -0.39 is 21.8 Å². The van der Waals surface area contributed by atoms with Crippen LogP contribution < -0.4 is 5.32 Å². The van der Waals surface area contributed by atoms with Gasteiger partial charge >= 0.3 is 0 Å². The molecule has 1 aliphatic heterocycles. The number of carbonyl (C=O) groups is 1. The first-order valence-corrected chi connectivity index (χ1v) is 10.2. The van der Waals surface area contributed by atoms with E-state index in [1.54, 1.807) is 18.2 Å². The van der Waals surface area contributed by atoms with Crippen molar-refractivity contribution in [2.45, 2.75) is 24.0 Å². The zero-order valence-electron chi connectivity index (χ0n) is 13.7. The topological polar surface area (TPSA) is 66.5 Å². The third kappa shape index (κ3) is 4.08. The number of nitrogens with zero attached hydrogens (tertiary/aromatic N) is 1. The zero-order valence-corrected chi connectivity index (χ0v) is 15.4. The van der Waals surface area contributed by atoms with E-state index in [4.69, 9.17) is 0 Å². The van der Waals surface area contributed by atoms with Gasteiger partial charge in [-0.3, -0.25) is 4.79 Å². The zero-order chi connectivity index (χ0) is 18.0. The third-order valence-corrected chi connectivity index (χ3v) is 7.49. The highest BCUT2D eigenvalue weighted by molar-refractivity contribution is 7.91. The van der Waals surface area contributed by atoms with Crippen LogP contribution in [0.1, 0.15) is 17.7 Å². The molecule has 0 spiro atoms. The van der Waals surface area contributed by atoms with E-state index in [2.05, 4.69) is 5.32 Å². The molecule has 2 aromatic rings. The molecule has 1 saturated heterocycles. The van der Waals surface area contributed by atoms with Crippen molar-refractivity contribution in [1.82, 2.24) is 4.31 Å². The fourth-order valence-corrected chi connectivity index (χ4v) is 5.82. The number of hydrogen-bond acceptors (Lipinski definition) is 4. The van der Waals surface area contributed by atoms with E-state index in [0.717, 1.165) is 4.88 Å². The normalized spacial score (nSPS) is 18.9. The number of benzene rings is 1. The summed E-state index contributed by atoms with van der Waals surface area (Å²) in [6, 6.07) is 9.03. The Hall–Kier alpha value is -1.77. The molecule has 0 aliphatic carbocycles. The van der Waals surface area contributed by atoms with E-state index in [-0.39, 0.29) is 12.5 Å². The second-order valence-corrected chi connectivity index (χ2v) is 9.52. The number of amides is 1. The lowest BCUT2D eigenvalue weighted by Crippen LogP contribution is -2.43. The maximum atomic E-state index is 13.2. The molecule has 0 bridgehead atoms. The molecule has 1 aliphatic rings. The van der Waals surface area contributed by atoms with Gasteiger partial charge in [-0.1, -0.05) is 6.07 Å². The summed E-state index contributed by atoms with van der Waals surface area (Å²) in [5, 5.41) is 2.67. The van der Waals surface area contributed by atoms with Crippen molar-refractivity contribution in [2.24, 2.45) is 5.92 Å². The summed E-state index contributed by atoms with van der Waals surface area (Å²) in [6.45, 7) is 2.40. The number of anilines is 1. The van der Waals surface area contributed by atoms with Gasteiger partial charge in [0.15, 0.2) is 0 Å². The van der Waals surface area contributed by atoms with E-state index in [0.29, 0.717) is 29.3 Å². The average Bonchev–Trinajstić information content (AvgIpc) is 3.02. The number of sulfonamides is 1. The first kappa shape index (κ1) is 18.0. The van der Waals surface area contributed by atoms with Gasteiger partial charge in [0, 0.05) is 23.7 Å². The number of piperidine rings is 1. The molecule has 1 N–H and O–H groups in total. The molecule has 5 nitrogen and oxygen atoms in total. The fourth-order valence-electron chi connectivity index (χ4n) is 2.86. The molecule has 1 fully saturated rings. The summed E-state index contributed by atoms with van der Waals surface area (Å²) in [6.07, 6.45) is 1.22. The van der Waals surface area contributed by atoms with Gasteiger partial charge in [0.1, 0.15) is 10.0 Å². The van der Waals surface area contributed by atoms with Crippen LogP contribution in [0.4, 0.5) is 10.1 Å². The summed E-state index contributed by atoms with van der Waals surface area (Å²) in [4.78, 5) is 13.4. The van der Waals surface area contributed by atoms with Gasteiger partial charge < -0.3 is 5.32 Å². The van der Waals surface area contributed by atoms with Crippen molar-refractivity contribution in [2.75, 3.05) is 18.4 Å². The lowest BCUT2D eigenvalue weighted by molar-refractivity contribution is -0.120. The lowest BCUT2D eigenvalue weighted by Gasteiger charge is -2.30. The van der Waals surface area contributed by atoms with Crippen molar-refractivity contribution in [1.29, 1.82) is 0 Å². The highest BCUT2D eigenvalue weighted by Gasteiger charge is 2.34. The minimum atomic E-state index is -3.58. The second-order valence-electron chi connectivity index (χ2n) is 6.07. The molecule has 0 radical (unpaired) electrons. The van der Waals surface area contributed by atoms with Gasteiger partial charge in [-0.05, 0) is 50.1 Å². The van der Waals surface area contributed by atoms with Crippen molar-refractivity contribution in [3.05, 3.63) is 47.1 Å². The Kier molecular flexibility index (Phi) is 5.21. The molecule has 1 unspecified atom stereocenters. The van der Waals surface area contributed by atoms with E-state index in [9.17, 15) is 17.6 Å². The largest absolute Gasteiger partial charge is 0.326 e. The number of carbonyl (C=O) groups excluding carboxylic acids is 1. The molecule has 1 atom stereocenters. The Bertz CT molecular complexity index is 880. The van der Waals surface area contributed by atoms with Crippen molar-refractivity contribution >= 4 is 33.0 Å². The van der Waals surface area contributed by atoms with Gasteiger partial charge in [0.2, 0.25) is 5.91 Å². The minimum Gasteiger partial charge on any atom is -0.326 e. The summed E-state index contributed by atoms with van der Waals surface area (Å²) in [7, 11) is -3.58. The van der Waals surface area contributed by atoms with Crippen molar-refractivity contribution in [3.63, 3.8) is 0 Å². The van der Waals surface area contributed by atoms with Crippen LogP contribution in [0.5, 0.6) is 0 Å². The van der Waals surface area contributed by atoms with Gasteiger partial charge in [0.05, 0.1) is 5.92 Å². The predicted molar refractivity (Wildman–Crippen MR) is 95.6 cm³/mol. The summed E-state index contributed by atoms with van der Waals surface area (Å²) in [5.74, 6) is -1.17. The molecule has 2 heterocycles.